The number of phenolic OH excluding ortho intramolecular Hbond substituents is 1. The zero-order valence-electron chi connectivity index (χ0n) is 11.2. The molecule has 0 saturated heterocycles. The Morgan fingerprint density at radius 2 is 1.90 bits per heavy atom. The molecule has 20 heavy (non-hydrogen) atoms. The maximum atomic E-state index is 12.0. The molecule has 2 rings (SSSR count). The number of phenols is 1. The van der Waals surface area contributed by atoms with Crippen molar-refractivity contribution in [1.82, 2.24) is 5.32 Å². The predicted octanol–water partition coefficient (Wildman–Crippen LogP) is 3.33. The van der Waals surface area contributed by atoms with E-state index in [9.17, 15) is 9.90 Å². The van der Waals surface area contributed by atoms with Crippen molar-refractivity contribution in [2.45, 2.75) is 13.3 Å². The highest BCUT2D eigenvalue weighted by Crippen LogP contribution is 2.15. The van der Waals surface area contributed by atoms with Gasteiger partial charge >= 0.3 is 0 Å². The van der Waals surface area contributed by atoms with E-state index in [0.29, 0.717) is 17.1 Å². The molecule has 0 spiro atoms. The van der Waals surface area contributed by atoms with E-state index in [1.165, 1.54) is 6.07 Å². The highest BCUT2D eigenvalue weighted by molar-refractivity contribution is 6.30. The lowest BCUT2D eigenvalue weighted by atomic mass is 10.1. The molecule has 0 aliphatic rings. The van der Waals surface area contributed by atoms with Gasteiger partial charge in [-0.15, -0.1) is 0 Å². The van der Waals surface area contributed by atoms with Gasteiger partial charge in [0.25, 0.3) is 5.91 Å². The molecular weight excluding hydrogens is 274 g/mol. The van der Waals surface area contributed by atoms with Crippen molar-refractivity contribution in [3.63, 3.8) is 0 Å². The highest BCUT2D eigenvalue weighted by Gasteiger charge is 2.08. The zero-order chi connectivity index (χ0) is 14.5. The summed E-state index contributed by atoms with van der Waals surface area (Å²) < 4.78 is 0. The number of halogens is 1. The average Bonchev–Trinajstić information content (AvgIpc) is 2.41. The van der Waals surface area contributed by atoms with Crippen molar-refractivity contribution < 1.29 is 9.90 Å². The van der Waals surface area contributed by atoms with Crippen LogP contribution in [0.2, 0.25) is 5.02 Å². The number of rotatable bonds is 4. The number of benzene rings is 2. The number of carbonyl (C=O) groups is 1. The molecule has 0 saturated carbocycles. The maximum Gasteiger partial charge on any atom is 0.251 e. The van der Waals surface area contributed by atoms with Gasteiger partial charge in [0.15, 0.2) is 0 Å². The molecule has 0 aliphatic carbocycles. The van der Waals surface area contributed by atoms with Gasteiger partial charge in [-0.1, -0.05) is 23.7 Å². The first-order valence-electron chi connectivity index (χ1n) is 6.38. The summed E-state index contributed by atoms with van der Waals surface area (Å²) in [4.78, 5) is 12.0. The number of aryl methyl sites for hydroxylation is 1. The van der Waals surface area contributed by atoms with E-state index in [2.05, 4.69) is 5.32 Å². The van der Waals surface area contributed by atoms with Crippen LogP contribution in [0.4, 0.5) is 0 Å². The van der Waals surface area contributed by atoms with Crippen LogP contribution in [0.15, 0.2) is 42.5 Å². The monoisotopic (exact) mass is 289 g/mol. The van der Waals surface area contributed by atoms with Crippen molar-refractivity contribution in [1.29, 1.82) is 0 Å². The zero-order valence-corrected chi connectivity index (χ0v) is 11.9. The number of amides is 1. The first-order valence-corrected chi connectivity index (χ1v) is 6.76. The fourth-order valence-electron chi connectivity index (χ4n) is 1.97. The molecule has 104 valence electrons. The van der Waals surface area contributed by atoms with E-state index in [1.54, 1.807) is 19.1 Å². The van der Waals surface area contributed by atoms with Crippen LogP contribution in [0.25, 0.3) is 0 Å². The average molecular weight is 290 g/mol. The van der Waals surface area contributed by atoms with E-state index in [-0.39, 0.29) is 11.7 Å². The molecule has 0 aliphatic heterocycles. The molecule has 0 fully saturated rings. The standard InChI is InChI=1S/C16H16ClNO2/c1-11-10-14(19)6-7-15(11)16(20)18-9-8-12-2-4-13(17)5-3-12/h2-7,10,19H,8-9H2,1H3,(H,18,20). The van der Waals surface area contributed by atoms with E-state index in [4.69, 9.17) is 11.6 Å². The second kappa shape index (κ2) is 6.44. The van der Waals surface area contributed by atoms with Gasteiger partial charge in [0.1, 0.15) is 5.75 Å². The second-order valence-electron chi connectivity index (χ2n) is 4.63. The van der Waals surface area contributed by atoms with Gasteiger partial charge in [0.05, 0.1) is 0 Å². The Hall–Kier alpha value is -2.00. The van der Waals surface area contributed by atoms with Crippen LogP contribution in [0, 0.1) is 6.92 Å². The van der Waals surface area contributed by atoms with Crippen LogP contribution in [0.3, 0.4) is 0 Å². The molecule has 0 radical (unpaired) electrons. The van der Waals surface area contributed by atoms with E-state index in [0.717, 1.165) is 17.5 Å². The smallest absolute Gasteiger partial charge is 0.251 e. The molecule has 4 heteroatoms. The number of aromatic hydroxyl groups is 1. The molecule has 0 aromatic heterocycles. The molecule has 1 amide bonds. The summed E-state index contributed by atoms with van der Waals surface area (Å²) in [6, 6.07) is 12.3. The Bertz CT molecular complexity index is 608. The highest BCUT2D eigenvalue weighted by atomic mass is 35.5. The summed E-state index contributed by atoms with van der Waals surface area (Å²) in [6.45, 7) is 2.36. The third-order valence-electron chi connectivity index (χ3n) is 3.07. The molecule has 2 aromatic carbocycles. The lowest BCUT2D eigenvalue weighted by Crippen LogP contribution is -2.26. The van der Waals surface area contributed by atoms with Crippen LogP contribution in [0.5, 0.6) is 5.75 Å². The van der Waals surface area contributed by atoms with Crippen LogP contribution in [-0.4, -0.2) is 17.6 Å². The second-order valence-corrected chi connectivity index (χ2v) is 5.07. The first-order chi connectivity index (χ1) is 9.56. The van der Waals surface area contributed by atoms with Crippen molar-refractivity contribution in [3.8, 4) is 5.75 Å². The molecule has 3 nitrogen and oxygen atoms in total. The van der Waals surface area contributed by atoms with Crippen molar-refractivity contribution >= 4 is 17.5 Å². The Morgan fingerprint density at radius 1 is 1.20 bits per heavy atom. The summed E-state index contributed by atoms with van der Waals surface area (Å²) in [6.07, 6.45) is 0.750. The molecule has 2 aromatic rings. The van der Waals surface area contributed by atoms with Gasteiger partial charge in [-0.05, 0) is 54.8 Å². The Labute approximate surface area is 123 Å². The first kappa shape index (κ1) is 14.4. The van der Waals surface area contributed by atoms with Crippen LogP contribution < -0.4 is 5.32 Å². The molecule has 0 atom stereocenters. The van der Waals surface area contributed by atoms with Crippen molar-refractivity contribution in [2.24, 2.45) is 0 Å². The molecule has 2 N–H and O–H groups in total. The van der Waals surface area contributed by atoms with Gasteiger partial charge < -0.3 is 10.4 Å². The van der Waals surface area contributed by atoms with Gasteiger partial charge in [-0.3, -0.25) is 4.79 Å². The predicted molar refractivity (Wildman–Crippen MR) is 80.3 cm³/mol. The molecular formula is C16H16ClNO2. The normalized spacial score (nSPS) is 10.3. The fraction of sp³-hybridized carbons (Fsp3) is 0.188. The Balaban J connectivity index is 1.90. The lowest BCUT2D eigenvalue weighted by molar-refractivity contribution is 0.0953. The summed E-state index contributed by atoms with van der Waals surface area (Å²) >= 11 is 5.82. The van der Waals surface area contributed by atoms with Gasteiger partial charge in [-0.25, -0.2) is 0 Å². The summed E-state index contributed by atoms with van der Waals surface area (Å²) in [5, 5.41) is 12.9. The fourth-order valence-corrected chi connectivity index (χ4v) is 2.10. The Kier molecular flexibility index (Phi) is 4.64. The number of hydrogen-bond acceptors (Lipinski definition) is 2. The van der Waals surface area contributed by atoms with Gasteiger partial charge in [0.2, 0.25) is 0 Å². The SMILES string of the molecule is Cc1cc(O)ccc1C(=O)NCCc1ccc(Cl)cc1. The minimum absolute atomic E-state index is 0.128. The van der Waals surface area contributed by atoms with E-state index >= 15 is 0 Å². The number of nitrogens with one attached hydrogen (secondary N) is 1. The molecule has 0 heterocycles. The molecule has 0 bridgehead atoms. The largest absolute Gasteiger partial charge is 0.508 e. The van der Waals surface area contributed by atoms with E-state index in [1.807, 2.05) is 24.3 Å². The maximum absolute atomic E-state index is 12.0. The summed E-state index contributed by atoms with van der Waals surface area (Å²) in [7, 11) is 0. The van der Waals surface area contributed by atoms with E-state index < -0.39 is 0 Å². The van der Waals surface area contributed by atoms with Crippen molar-refractivity contribution in [3.05, 3.63) is 64.2 Å². The van der Waals surface area contributed by atoms with Crippen LogP contribution in [-0.2, 0) is 6.42 Å². The lowest BCUT2D eigenvalue weighted by Gasteiger charge is -2.08. The van der Waals surface area contributed by atoms with Crippen LogP contribution in [0.1, 0.15) is 21.5 Å². The Morgan fingerprint density at radius 3 is 2.55 bits per heavy atom. The summed E-state index contributed by atoms with van der Waals surface area (Å²) in [5.74, 6) is 0.0386. The minimum Gasteiger partial charge on any atom is -0.508 e. The van der Waals surface area contributed by atoms with Gasteiger partial charge in [-0.2, -0.15) is 0 Å². The van der Waals surface area contributed by atoms with Crippen molar-refractivity contribution in [2.75, 3.05) is 6.54 Å². The van der Waals surface area contributed by atoms with Crippen LogP contribution >= 0.6 is 11.6 Å². The molecule has 0 unspecified atom stereocenters. The third-order valence-corrected chi connectivity index (χ3v) is 3.32. The third kappa shape index (κ3) is 3.75. The topological polar surface area (TPSA) is 49.3 Å². The summed E-state index contributed by atoms with van der Waals surface area (Å²) in [5.41, 5.74) is 2.46. The quantitative estimate of drug-likeness (QED) is 0.907. The minimum atomic E-state index is -0.128. The number of carbonyl (C=O) groups excluding carboxylic acids is 1. The van der Waals surface area contributed by atoms with Gasteiger partial charge in [0, 0.05) is 17.1 Å². The number of hydrogen-bond donors (Lipinski definition) is 2.